The summed E-state index contributed by atoms with van der Waals surface area (Å²) in [5.74, 6) is -0.241. The normalized spacial score (nSPS) is 10.8. The molecule has 0 aliphatic heterocycles. The van der Waals surface area contributed by atoms with E-state index in [0.29, 0.717) is 17.9 Å². The monoisotopic (exact) mass is 389 g/mol. The third-order valence-corrected chi connectivity index (χ3v) is 5.24. The van der Waals surface area contributed by atoms with E-state index in [1.165, 1.54) is 4.88 Å². The van der Waals surface area contributed by atoms with Crippen molar-refractivity contribution in [3.05, 3.63) is 82.4 Å². The Morgan fingerprint density at radius 1 is 1.18 bits per heavy atom. The summed E-state index contributed by atoms with van der Waals surface area (Å²) >= 11 is 1.68. The van der Waals surface area contributed by atoms with Crippen molar-refractivity contribution in [1.82, 2.24) is 25.3 Å². The summed E-state index contributed by atoms with van der Waals surface area (Å²) in [6.07, 6.45) is 4.20. The van der Waals surface area contributed by atoms with E-state index in [-0.39, 0.29) is 5.91 Å². The Morgan fingerprint density at radius 3 is 2.86 bits per heavy atom. The first-order valence-electron chi connectivity index (χ1n) is 8.96. The van der Waals surface area contributed by atoms with Gasteiger partial charge in [0.2, 0.25) is 0 Å². The molecule has 4 aromatic rings. The van der Waals surface area contributed by atoms with Crippen molar-refractivity contribution in [2.24, 2.45) is 0 Å². The molecule has 0 radical (unpaired) electrons. The molecule has 0 aliphatic carbocycles. The average Bonchev–Trinajstić information content (AvgIpc) is 3.38. The lowest BCUT2D eigenvalue weighted by atomic mass is 10.1. The van der Waals surface area contributed by atoms with Crippen LogP contribution in [0.2, 0.25) is 0 Å². The fraction of sp³-hybridized carbons (Fsp3) is 0.143. The molecule has 0 saturated heterocycles. The molecule has 0 unspecified atom stereocenters. The zero-order valence-electron chi connectivity index (χ0n) is 15.4. The third kappa shape index (κ3) is 3.84. The lowest BCUT2D eigenvalue weighted by molar-refractivity contribution is 0.0950. The number of amides is 1. The first kappa shape index (κ1) is 18.1. The Bertz CT molecular complexity index is 1070. The lowest BCUT2D eigenvalue weighted by Gasteiger charge is -2.09. The molecule has 1 aromatic carbocycles. The maximum Gasteiger partial charge on any atom is 0.274 e. The largest absolute Gasteiger partial charge is 0.350 e. The number of nitrogens with zero attached hydrogens (tertiary/aromatic N) is 4. The van der Waals surface area contributed by atoms with E-state index in [1.807, 2.05) is 54.8 Å². The van der Waals surface area contributed by atoms with Gasteiger partial charge in [-0.05, 0) is 54.6 Å². The first-order valence-corrected chi connectivity index (χ1v) is 9.84. The second kappa shape index (κ2) is 8.14. The number of rotatable bonds is 6. The van der Waals surface area contributed by atoms with Crippen molar-refractivity contribution in [2.45, 2.75) is 13.3 Å². The minimum Gasteiger partial charge on any atom is -0.350 e. The predicted molar refractivity (Wildman–Crippen MR) is 110 cm³/mol. The second-order valence-corrected chi connectivity index (χ2v) is 7.40. The van der Waals surface area contributed by atoms with Crippen molar-refractivity contribution in [3.8, 4) is 16.9 Å². The summed E-state index contributed by atoms with van der Waals surface area (Å²) in [5, 5.41) is 13.4. The quantitative estimate of drug-likeness (QED) is 0.546. The maximum atomic E-state index is 12.8. The van der Waals surface area contributed by atoms with Crippen LogP contribution in [0.3, 0.4) is 0 Å². The van der Waals surface area contributed by atoms with Gasteiger partial charge in [0, 0.05) is 29.4 Å². The molecule has 3 heterocycles. The smallest absolute Gasteiger partial charge is 0.274 e. The Balaban J connectivity index is 1.66. The van der Waals surface area contributed by atoms with Crippen LogP contribution >= 0.6 is 11.3 Å². The van der Waals surface area contributed by atoms with E-state index in [1.54, 1.807) is 28.4 Å². The molecule has 0 atom stereocenters. The van der Waals surface area contributed by atoms with Crippen LogP contribution in [0.1, 0.15) is 20.9 Å². The van der Waals surface area contributed by atoms with E-state index >= 15 is 0 Å². The maximum absolute atomic E-state index is 12.8. The highest BCUT2D eigenvalue weighted by Crippen LogP contribution is 2.25. The topological polar surface area (TPSA) is 72.7 Å². The van der Waals surface area contributed by atoms with Gasteiger partial charge >= 0.3 is 0 Å². The van der Waals surface area contributed by atoms with E-state index in [9.17, 15) is 4.79 Å². The number of benzene rings is 1. The van der Waals surface area contributed by atoms with Crippen LogP contribution in [-0.2, 0) is 6.42 Å². The number of hydrogen-bond acceptors (Lipinski definition) is 5. The molecular formula is C21H19N5OS. The van der Waals surface area contributed by atoms with E-state index in [0.717, 1.165) is 23.2 Å². The average molecular weight is 389 g/mol. The van der Waals surface area contributed by atoms with Crippen LogP contribution < -0.4 is 5.32 Å². The van der Waals surface area contributed by atoms with Gasteiger partial charge in [0.05, 0.1) is 5.69 Å². The van der Waals surface area contributed by atoms with Crippen molar-refractivity contribution < 1.29 is 4.79 Å². The highest BCUT2D eigenvalue weighted by atomic mass is 32.1. The van der Waals surface area contributed by atoms with Gasteiger partial charge in [0.1, 0.15) is 5.69 Å². The van der Waals surface area contributed by atoms with E-state index < -0.39 is 0 Å². The van der Waals surface area contributed by atoms with Crippen LogP contribution in [0, 0.1) is 6.92 Å². The van der Waals surface area contributed by atoms with Crippen molar-refractivity contribution in [2.75, 3.05) is 6.54 Å². The molecule has 0 spiro atoms. The lowest BCUT2D eigenvalue weighted by Crippen LogP contribution is -2.26. The molecule has 28 heavy (non-hydrogen) atoms. The number of carbonyl (C=O) groups excluding carboxylic acids is 1. The van der Waals surface area contributed by atoms with Gasteiger partial charge in [-0.2, -0.15) is 0 Å². The summed E-state index contributed by atoms with van der Waals surface area (Å²) in [6.45, 7) is 2.56. The molecule has 140 valence electrons. The minimum atomic E-state index is -0.241. The molecule has 0 bridgehead atoms. The number of aromatic nitrogens is 4. The van der Waals surface area contributed by atoms with Crippen LogP contribution in [0.4, 0.5) is 0 Å². The second-order valence-electron chi connectivity index (χ2n) is 6.36. The van der Waals surface area contributed by atoms with E-state index in [4.69, 9.17) is 0 Å². The molecule has 0 saturated carbocycles. The zero-order chi connectivity index (χ0) is 19.3. The molecular weight excluding hydrogens is 370 g/mol. The Hall–Kier alpha value is -3.32. The Kier molecular flexibility index (Phi) is 5.25. The summed E-state index contributed by atoms with van der Waals surface area (Å²) in [6, 6.07) is 15.7. The highest BCUT2D eigenvalue weighted by Gasteiger charge is 2.22. The molecule has 0 aliphatic rings. The summed E-state index contributed by atoms with van der Waals surface area (Å²) in [5.41, 5.74) is 3.67. The molecule has 3 aromatic heterocycles. The number of aryl methyl sites for hydroxylation is 1. The number of nitrogens with one attached hydrogen (secondary N) is 1. The van der Waals surface area contributed by atoms with Gasteiger partial charge in [-0.1, -0.05) is 23.4 Å². The van der Waals surface area contributed by atoms with Gasteiger partial charge in [0.25, 0.3) is 5.91 Å². The number of hydrogen-bond donors (Lipinski definition) is 1. The Labute approximate surface area is 166 Å². The summed E-state index contributed by atoms with van der Waals surface area (Å²) in [4.78, 5) is 18.3. The predicted octanol–water partition coefficient (Wildman–Crippen LogP) is 3.67. The zero-order valence-corrected chi connectivity index (χ0v) is 16.2. The third-order valence-electron chi connectivity index (χ3n) is 4.30. The fourth-order valence-corrected chi connectivity index (χ4v) is 3.68. The van der Waals surface area contributed by atoms with Crippen molar-refractivity contribution >= 4 is 17.2 Å². The SMILES string of the molecule is Cc1cccc(-n2nnc(C(=O)NCCc3cccs3)c2-c2cccnc2)c1. The van der Waals surface area contributed by atoms with Gasteiger partial charge in [-0.25, -0.2) is 4.68 Å². The first-order chi connectivity index (χ1) is 13.7. The molecule has 7 heteroatoms. The summed E-state index contributed by atoms with van der Waals surface area (Å²) in [7, 11) is 0. The molecule has 1 amide bonds. The number of thiophene rings is 1. The number of carbonyl (C=O) groups is 1. The molecule has 4 rings (SSSR count). The van der Waals surface area contributed by atoms with Crippen LogP contribution in [0.15, 0.2) is 66.3 Å². The van der Waals surface area contributed by atoms with Crippen LogP contribution in [0.25, 0.3) is 16.9 Å². The van der Waals surface area contributed by atoms with Crippen LogP contribution in [-0.4, -0.2) is 32.4 Å². The van der Waals surface area contributed by atoms with Crippen molar-refractivity contribution in [1.29, 1.82) is 0 Å². The van der Waals surface area contributed by atoms with Gasteiger partial charge in [0.15, 0.2) is 5.69 Å². The van der Waals surface area contributed by atoms with Crippen LogP contribution in [0.5, 0.6) is 0 Å². The molecule has 6 nitrogen and oxygen atoms in total. The Morgan fingerprint density at radius 2 is 2.11 bits per heavy atom. The highest BCUT2D eigenvalue weighted by molar-refractivity contribution is 7.09. The van der Waals surface area contributed by atoms with Gasteiger partial charge < -0.3 is 5.32 Å². The summed E-state index contributed by atoms with van der Waals surface area (Å²) < 4.78 is 1.69. The number of pyridine rings is 1. The molecule has 0 fully saturated rings. The fourth-order valence-electron chi connectivity index (χ4n) is 2.97. The molecule has 1 N–H and O–H groups in total. The van der Waals surface area contributed by atoms with Gasteiger partial charge in [-0.15, -0.1) is 16.4 Å². The van der Waals surface area contributed by atoms with Crippen molar-refractivity contribution in [3.63, 3.8) is 0 Å². The minimum absolute atomic E-state index is 0.241. The standard InChI is InChI=1S/C21H19N5OS/c1-15-5-2-7-17(13-15)26-20(16-6-3-10-22-14-16)19(24-25-26)21(27)23-11-9-18-8-4-12-28-18/h2-8,10,12-14H,9,11H2,1H3,(H,23,27). The van der Waals surface area contributed by atoms with Gasteiger partial charge in [-0.3, -0.25) is 9.78 Å². The van der Waals surface area contributed by atoms with E-state index in [2.05, 4.69) is 26.7 Å².